The molecule has 3 amide bonds. The van der Waals surface area contributed by atoms with E-state index in [2.05, 4.69) is 39.3 Å². The zero-order valence-electron chi connectivity index (χ0n) is 24.3. The Morgan fingerprint density at radius 1 is 1.14 bits per heavy atom. The molecule has 0 bridgehead atoms. The van der Waals surface area contributed by atoms with Crippen molar-refractivity contribution in [1.29, 1.82) is 0 Å². The number of ether oxygens (including phenoxy) is 1. The molecule has 1 saturated heterocycles. The molecule has 0 aliphatic carbocycles. The molecule has 230 valence electrons. The minimum atomic E-state index is -4.75. The molecular formula is C31H31F3N6O3S. The van der Waals surface area contributed by atoms with Gasteiger partial charge in [-0.1, -0.05) is 62.0 Å². The molecule has 9 nitrogen and oxygen atoms in total. The van der Waals surface area contributed by atoms with E-state index in [-0.39, 0.29) is 29.5 Å². The molecule has 0 spiro atoms. The number of amides is 3. The van der Waals surface area contributed by atoms with E-state index in [1.807, 2.05) is 49.4 Å². The Balaban J connectivity index is 1.13. The molecule has 13 heteroatoms. The minimum absolute atomic E-state index is 0.105. The van der Waals surface area contributed by atoms with Crippen molar-refractivity contribution < 1.29 is 27.5 Å². The first-order valence-electron chi connectivity index (χ1n) is 13.9. The summed E-state index contributed by atoms with van der Waals surface area (Å²) in [5.41, 5.74) is 8.46. The fraction of sp³-hybridized carbons (Fsp3) is 0.290. The number of nitrogens with zero attached hydrogens (tertiary/aromatic N) is 4. The summed E-state index contributed by atoms with van der Waals surface area (Å²) < 4.78 is 41.1. The van der Waals surface area contributed by atoms with Gasteiger partial charge in [-0.2, -0.15) is 10.4 Å². The van der Waals surface area contributed by atoms with Gasteiger partial charge in [0, 0.05) is 6.54 Å². The predicted molar refractivity (Wildman–Crippen MR) is 166 cm³/mol. The molecule has 2 N–H and O–H groups in total. The lowest BCUT2D eigenvalue weighted by Crippen LogP contribution is -2.33. The summed E-state index contributed by atoms with van der Waals surface area (Å²) in [7, 11) is 0. The van der Waals surface area contributed by atoms with Crippen LogP contribution in [0.4, 0.5) is 29.3 Å². The molecule has 3 aromatic rings. The topological polar surface area (TPSA) is 98.6 Å². The molecule has 2 heterocycles. The van der Waals surface area contributed by atoms with Crippen LogP contribution in [0.1, 0.15) is 48.2 Å². The van der Waals surface area contributed by atoms with Crippen LogP contribution in [0.25, 0.3) is 0 Å². The van der Waals surface area contributed by atoms with Crippen molar-refractivity contribution in [3.8, 4) is 5.75 Å². The summed E-state index contributed by atoms with van der Waals surface area (Å²) in [6.07, 6.45) is -2.98. The lowest BCUT2D eigenvalue weighted by molar-refractivity contribution is -0.274. The van der Waals surface area contributed by atoms with Gasteiger partial charge in [-0.05, 0) is 71.8 Å². The Kier molecular flexibility index (Phi) is 9.25. The number of alkyl halides is 3. The second kappa shape index (κ2) is 13.1. The summed E-state index contributed by atoms with van der Waals surface area (Å²) in [4.78, 5) is 35.6. The molecule has 1 unspecified atom stereocenters. The molecule has 0 radical (unpaired) electrons. The van der Waals surface area contributed by atoms with E-state index in [4.69, 9.17) is 0 Å². The number of aliphatic imine (C=N–C) groups is 2. The van der Waals surface area contributed by atoms with E-state index in [0.29, 0.717) is 23.8 Å². The number of hydrazine groups is 1. The van der Waals surface area contributed by atoms with E-state index >= 15 is 0 Å². The van der Waals surface area contributed by atoms with Crippen LogP contribution in [-0.2, 0) is 11.2 Å². The number of hydrogen-bond donors (Lipinski definition) is 2. The van der Waals surface area contributed by atoms with Gasteiger partial charge in [0.2, 0.25) is 5.91 Å². The van der Waals surface area contributed by atoms with Gasteiger partial charge in [-0.3, -0.25) is 14.7 Å². The number of amidine groups is 1. The molecule has 0 saturated carbocycles. The highest BCUT2D eigenvalue weighted by Crippen LogP contribution is 2.34. The highest BCUT2D eigenvalue weighted by Gasteiger charge is 2.33. The maximum absolute atomic E-state index is 12.8. The van der Waals surface area contributed by atoms with Gasteiger partial charge < -0.3 is 10.1 Å². The van der Waals surface area contributed by atoms with Gasteiger partial charge in [-0.15, -0.1) is 13.2 Å². The first-order chi connectivity index (χ1) is 21.0. The van der Waals surface area contributed by atoms with E-state index < -0.39 is 12.4 Å². The molecule has 0 aromatic heterocycles. The first-order valence-corrected chi connectivity index (χ1v) is 14.9. The first kappa shape index (κ1) is 31.1. The van der Waals surface area contributed by atoms with Gasteiger partial charge in [0.1, 0.15) is 18.3 Å². The Labute approximate surface area is 257 Å². The van der Waals surface area contributed by atoms with Crippen LogP contribution in [0.5, 0.6) is 5.75 Å². The third-order valence-corrected chi connectivity index (χ3v) is 7.86. The van der Waals surface area contributed by atoms with E-state index in [1.54, 1.807) is 16.2 Å². The maximum atomic E-state index is 12.8. The number of aryl methyl sites for hydroxylation is 1. The second-order valence-corrected chi connectivity index (χ2v) is 11.5. The van der Waals surface area contributed by atoms with Crippen molar-refractivity contribution >= 4 is 46.6 Å². The summed E-state index contributed by atoms with van der Waals surface area (Å²) in [5, 5.41) is 4.80. The number of nitrogens with one attached hydrogen (secondary N) is 2. The summed E-state index contributed by atoms with van der Waals surface area (Å²) in [5.74, 6) is 0.0187. The molecule has 3 aromatic carbocycles. The van der Waals surface area contributed by atoms with Crippen molar-refractivity contribution in [1.82, 2.24) is 10.7 Å². The van der Waals surface area contributed by atoms with Crippen LogP contribution in [0.2, 0.25) is 0 Å². The minimum Gasteiger partial charge on any atom is -0.406 e. The van der Waals surface area contributed by atoms with Crippen molar-refractivity contribution in [3.05, 3.63) is 89.0 Å². The number of carbonyl (C=O) groups excluding carboxylic acids is 2. The van der Waals surface area contributed by atoms with E-state index in [0.717, 1.165) is 27.9 Å². The number of rotatable bonds is 8. The molecule has 1 atom stereocenters. The lowest BCUT2D eigenvalue weighted by atomic mass is 9.99. The van der Waals surface area contributed by atoms with Gasteiger partial charge in [0.25, 0.3) is 0 Å². The number of thioether (sulfide) groups is 1. The third-order valence-electron chi connectivity index (χ3n) is 6.94. The molecule has 44 heavy (non-hydrogen) atoms. The van der Waals surface area contributed by atoms with Crippen molar-refractivity contribution in [2.45, 2.75) is 45.6 Å². The Morgan fingerprint density at radius 2 is 1.86 bits per heavy atom. The van der Waals surface area contributed by atoms with Crippen molar-refractivity contribution in [2.75, 3.05) is 22.2 Å². The number of hydrogen-bond acceptors (Lipinski definition) is 7. The summed E-state index contributed by atoms with van der Waals surface area (Å²) in [6, 6.07) is 18.7. The molecule has 5 rings (SSSR count). The molecule has 2 aliphatic rings. The van der Waals surface area contributed by atoms with Gasteiger partial charge in [0.15, 0.2) is 5.17 Å². The number of carbonyl (C=O) groups is 2. The fourth-order valence-corrected chi connectivity index (χ4v) is 5.62. The Bertz CT molecular complexity index is 1580. The number of urea groups is 1. The van der Waals surface area contributed by atoms with Crippen LogP contribution in [0.15, 0.2) is 76.7 Å². The van der Waals surface area contributed by atoms with Gasteiger partial charge in [-0.25, -0.2) is 9.79 Å². The van der Waals surface area contributed by atoms with Crippen LogP contribution in [-0.4, -0.2) is 42.1 Å². The van der Waals surface area contributed by atoms with E-state index in [1.165, 1.54) is 36.0 Å². The largest absolute Gasteiger partial charge is 0.573 e. The van der Waals surface area contributed by atoms with E-state index in [9.17, 15) is 22.8 Å². The highest BCUT2D eigenvalue weighted by atomic mass is 32.2. The zero-order chi connectivity index (χ0) is 31.4. The highest BCUT2D eigenvalue weighted by molar-refractivity contribution is 8.15. The smallest absolute Gasteiger partial charge is 0.406 e. The standard InChI is InChI=1S/C31H31F3N6O3S/c1-19(2)25-13-4-20(3)16-26(25)40-27(41)17-44-30(40)37-29(42)35-15-14-21-5-7-22(8-6-21)28-36-18-39(38-28)23-9-11-24(12-10-23)43-31(32,33)34/h4-13,16,18-19,28,38H,14-15,17H2,1-3H3,(H,35,42). The monoisotopic (exact) mass is 624 g/mol. The molecular weight excluding hydrogens is 593 g/mol. The summed E-state index contributed by atoms with van der Waals surface area (Å²) in [6.45, 7) is 6.45. The lowest BCUT2D eigenvalue weighted by Gasteiger charge is -2.22. The Hall–Kier alpha value is -4.36. The van der Waals surface area contributed by atoms with Gasteiger partial charge in [0.05, 0.1) is 17.1 Å². The predicted octanol–water partition coefficient (Wildman–Crippen LogP) is 6.46. The average Bonchev–Trinajstić information content (AvgIpc) is 3.60. The SMILES string of the molecule is Cc1ccc(C(C)C)c(N2C(=O)CSC2=NC(=O)NCCc2ccc(C3N=CN(c4ccc(OC(F)(F)F)cc4)N3)cc2)c1. The number of halogens is 3. The quantitative estimate of drug-likeness (QED) is 0.299. The Morgan fingerprint density at radius 3 is 2.55 bits per heavy atom. The average molecular weight is 625 g/mol. The normalized spacial score (nSPS) is 17.7. The van der Waals surface area contributed by atoms with Crippen molar-refractivity contribution in [2.24, 2.45) is 9.98 Å². The van der Waals surface area contributed by atoms with Crippen LogP contribution >= 0.6 is 11.8 Å². The summed E-state index contributed by atoms with van der Waals surface area (Å²) >= 11 is 1.25. The number of anilines is 2. The fourth-order valence-electron chi connectivity index (χ4n) is 4.77. The molecule has 1 fully saturated rings. The van der Waals surface area contributed by atoms with Crippen LogP contribution < -0.4 is 25.4 Å². The van der Waals surface area contributed by atoms with Crippen molar-refractivity contribution in [3.63, 3.8) is 0 Å². The third kappa shape index (κ3) is 7.58. The molecule has 2 aliphatic heterocycles. The van der Waals surface area contributed by atoms with Crippen LogP contribution in [0, 0.1) is 6.92 Å². The van der Waals surface area contributed by atoms with Crippen LogP contribution in [0.3, 0.4) is 0 Å². The number of benzene rings is 3. The zero-order valence-corrected chi connectivity index (χ0v) is 25.1. The van der Waals surface area contributed by atoms with Gasteiger partial charge >= 0.3 is 12.4 Å². The maximum Gasteiger partial charge on any atom is 0.573 e. The second-order valence-electron chi connectivity index (χ2n) is 10.6.